The van der Waals surface area contributed by atoms with E-state index in [4.69, 9.17) is 14.8 Å². The molecule has 0 aliphatic carbocycles. The first kappa shape index (κ1) is 22.4. The molecule has 3 heterocycles. The van der Waals surface area contributed by atoms with E-state index in [-0.39, 0.29) is 18.3 Å². The zero-order valence-electron chi connectivity index (χ0n) is 18.2. The van der Waals surface area contributed by atoms with Crippen molar-refractivity contribution in [2.24, 2.45) is 0 Å². The van der Waals surface area contributed by atoms with Gasteiger partial charge in [-0.3, -0.25) is 15.2 Å². The van der Waals surface area contributed by atoms with Gasteiger partial charge >= 0.3 is 6.03 Å². The number of benzene rings is 1. The molecule has 1 aromatic carbocycles. The standard InChI is InChI=1S/C23H26N6O4/c1-15-4-2-5-16(10-15)18-6-7-19-22(26-18)29(9-3-8-25-19)23(32)28-20-11-24-12-21(27-20)33-14-17(31)13-30/h2,4-7,10-12,17,25,30-31H,3,8-9,13-14H2,1H3,(H,27,28,32). The van der Waals surface area contributed by atoms with E-state index in [1.54, 1.807) is 4.90 Å². The van der Waals surface area contributed by atoms with Crippen molar-refractivity contribution < 1.29 is 19.7 Å². The Kier molecular flexibility index (Phi) is 6.96. The molecule has 1 unspecified atom stereocenters. The summed E-state index contributed by atoms with van der Waals surface area (Å²) in [5.41, 5.74) is 3.66. The molecule has 2 amide bonds. The lowest BCUT2D eigenvalue weighted by Crippen LogP contribution is -2.36. The normalized spacial score (nSPS) is 14.0. The van der Waals surface area contributed by atoms with Gasteiger partial charge < -0.3 is 20.3 Å². The second-order valence-electron chi connectivity index (χ2n) is 7.69. The summed E-state index contributed by atoms with van der Waals surface area (Å²) >= 11 is 0. The smallest absolute Gasteiger partial charge is 0.328 e. The fraction of sp³-hybridized carbons (Fsp3) is 0.304. The average Bonchev–Trinajstić information content (AvgIpc) is 3.05. The molecule has 0 saturated heterocycles. The third-order valence-electron chi connectivity index (χ3n) is 5.05. The average molecular weight is 450 g/mol. The molecule has 4 N–H and O–H groups in total. The number of urea groups is 1. The largest absolute Gasteiger partial charge is 0.474 e. The molecule has 0 bridgehead atoms. The number of aryl methyl sites for hydroxylation is 1. The van der Waals surface area contributed by atoms with E-state index in [0.717, 1.165) is 35.5 Å². The number of aliphatic hydroxyl groups excluding tert-OH is 2. The molecule has 0 saturated carbocycles. The zero-order chi connectivity index (χ0) is 23.2. The SMILES string of the molecule is Cc1cccc(-c2ccc3c(n2)N(C(=O)Nc2cncc(OCC(O)CO)n2)CCCN3)c1. The Morgan fingerprint density at radius 1 is 1.27 bits per heavy atom. The first-order valence-corrected chi connectivity index (χ1v) is 10.7. The van der Waals surface area contributed by atoms with E-state index < -0.39 is 18.7 Å². The second-order valence-corrected chi connectivity index (χ2v) is 7.69. The fourth-order valence-corrected chi connectivity index (χ4v) is 3.41. The first-order chi connectivity index (χ1) is 16.0. The number of nitrogens with one attached hydrogen (secondary N) is 2. The molecule has 10 nitrogen and oxygen atoms in total. The highest BCUT2D eigenvalue weighted by molar-refractivity contribution is 6.02. The van der Waals surface area contributed by atoms with Crippen LogP contribution in [0.15, 0.2) is 48.8 Å². The van der Waals surface area contributed by atoms with Crippen LogP contribution >= 0.6 is 0 Å². The van der Waals surface area contributed by atoms with Gasteiger partial charge in [-0.05, 0) is 31.5 Å². The molecule has 0 radical (unpaired) electrons. The lowest BCUT2D eigenvalue weighted by molar-refractivity contribution is 0.0520. The van der Waals surface area contributed by atoms with Crippen molar-refractivity contribution in [2.45, 2.75) is 19.4 Å². The van der Waals surface area contributed by atoms with E-state index >= 15 is 0 Å². The van der Waals surface area contributed by atoms with Gasteiger partial charge in [-0.15, -0.1) is 0 Å². The summed E-state index contributed by atoms with van der Waals surface area (Å²) in [7, 11) is 0. The molecule has 4 rings (SSSR count). The van der Waals surface area contributed by atoms with Crippen LogP contribution in [0.5, 0.6) is 5.88 Å². The molecule has 33 heavy (non-hydrogen) atoms. The van der Waals surface area contributed by atoms with Crippen LogP contribution in [0.1, 0.15) is 12.0 Å². The van der Waals surface area contributed by atoms with Crippen LogP contribution in [-0.4, -0.2) is 63.6 Å². The molecule has 1 aliphatic rings. The van der Waals surface area contributed by atoms with E-state index in [2.05, 4.69) is 26.7 Å². The number of ether oxygens (including phenoxy) is 1. The molecule has 0 spiro atoms. The van der Waals surface area contributed by atoms with E-state index in [0.29, 0.717) is 12.4 Å². The lowest BCUT2D eigenvalue weighted by atomic mass is 10.1. The number of pyridine rings is 1. The van der Waals surface area contributed by atoms with E-state index in [1.807, 2.05) is 37.3 Å². The molecule has 0 fully saturated rings. The summed E-state index contributed by atoms with van der Waals surface area (Å²) < 4.78 is 5.31. The van der Waals surface area contributed by atoms with Crippen LogP contribution in [0.2, 0.25) is 0 Å². The van der Waals surface area contributed by atoms with Crippen molar-refractivity contribution in [1.29, 1.82) is 0 Å². The Labute approximate surface area is 191 Å². The summed E-state index contributed by atoms with van der Waals surface area (Å²) in [4.78, 5) is 27.8. The maximum absolute atomic E-state index is 13.2. The van der Waals surface area contributed by atoms with Gasteiger partial charge in [0.1, 0.15) is 12.7 Å². The number of carbonyl (C=O) groups is 1. The lowest BCUT2D eigenvalue weighted by Gasteiger charge is -2.22. The number of rotatable bonds is 6. The number of anilines is 3. The quantitative estimate of drug-likeness (QED) is 0.450. The summed E-state index contributed by atoms with van der Waals surface area (Å²) in [6.45, 7) is 2.65. The predicted molar refractivity (Wildman–Crippen MR) is 125 cm³/mol. The second kappa shape index (κ2) is 10.2. The van der Waals surface area contributed by atoms with Crippen molar-refractivity contribution in [1.82, 2.24) is 15.0 Å². The molecule has 2 aromatic heterocycles. The summed E-state index contributed by atoms with van der Waals surface area (Å²) in [6, 6.07) is 11.5. The predicted octanol–water partition coefficient (Wildman–Crippen LogP) is 2.43. The minimum atomic E-state index is -1.03. The van der Waals surface area contributed by atoms with E-state index in [9.17, 15) is 9.90 Å². The topological polar surface area (TPSA) is 133 Å². The van der Waals surface area contributed by atoms with Crippen molar-refractivity contribution in [3.05, 3.63) is 54.4 Å². The maximum Gasteiger partial charge on any atom is 0.328 e. The minimum Gasteiger partial charge on any atom is -0.474 e. The number of aliphatic hydroxyl groups is 2. The van der Waals surface area contributed by atoms with Crippen LogP contribution in [0.25, 0.3) is 11.3 Å². The van der Waals surface area contributed by atoms with Gasteiger partial charge in [-0.2, -0.15) is 4.98 Å². The van der Waals surface area contributed by atoms with Gasteiger partial charge in [0.2, 0.25) is 5.88 Å². The molecular formula is C23H26N6O4. The Bertz CT molecular complexity index is 1130. The number of fused-ring (bicyclic) bond motifs is 1. The molecule has 1 aliphatic heterocycles. The number of carbonyl (C=O) groups excluding carboxylic acids is 1. The Hall–Kier alpha value is -3.76. The molecule has 172 valence electrons. The molecule has 3 aromatic rings. The van der Waals surface area contributed by atoms with Crippen molar-refractivity contribution in [3.63, 3.8) is 0 Å². The van der Waals surface area contributed by atoms with Crippen LogP contribution in [0.3, 0.4) is 0 Å². The summed E-state index contributed by atoms with van der Waals surface area (Å²) in [5.74, 6) is 0.859. The Morgan fingerprint density at radius 3 is 2.97 bits per heavy atom. The van der Waals surface area contributed by atoms with Gasteiger partial charge in [0.05, 0.1) is 30.4 Å². The third kappa shape index (κ3) is 5.54. The van der Waals surface area contributed by atoms with Crippen LogP contribution in [0.4, 0.5) is 22.1 Å². The summed E-state index contributed by atoms with van der Waals surface area (Å²) in [6.07, 6.45) is 2.48. The first-order valence-electron chi connectivity index (χ1n) is 10.7. The number of amides is 2. The minimum absolute atomic E-state index is 0.123. The van der Waals surface area contributed by atoms with Gasteiger partial charge in [-0.25, -0.2) is 9.78 Å². The van der Waals surface area contributed by atoms with Crippen molar-refractivity contribution >= 4 is 23.4 Å². The monoisotopic (exact) mass is 450 g/mol. The molecule has 10 heteroatoms. The Balaban J connectivity index is 1.56. The van der Waals surface area contributed by atoms with Crippen molar-refractivity contribution in [3.8, 4) is 17.1 Å². The van der Waals surface area contributed by atoms with Gasteiger partial charge in [0, 0.05) is 18.7 Å². The highest BCUT2D eigenvalue weighted by Gasteiger charge is 2.24. The molecule has 1 atom stereocenters. The zero-order valence-corrected chi connectivity index (χ0v) is 18.2. The van der Waals surface area contributed by atoms with E-state index in [1.165, 1.54) is 12.4 Å². The number of hydrogen-bond donors (Lipinski definition) is 4. The highest BCUT2D eigenvalue weighted by atomic mass is 16.5. The summed E-state index contributed by atoms with van der Waals surface area (Å²) in [5, 5.41) is 24.4. The van der Waals surface area contributed by atoms with Gasteiger partial charge in [0.15, 0.2) is 11.6 Å². The van der Waals surface area contributed by atoms with Crippen LogP contribution in [-0.2, 0) is 0 Å². The van der Waals surface area contributed by atoms with Crippen LogP contribution < -0.4 is 20.3 Å². The molecular weight excluding hydrogens is 424 g/mol. The van der Waals surface area contributed by atoms with Crippen LogP contribution in [0, 0.1) is 6.92 Å². The fourth-order valence-electron chi connectivity index (χ4n) is 3.41. The number of hydrogen-bond acceptors (Lipinski definition) is 8. The number of nitrogens with zero attached hydrogens (tertiary/aromatic N) is 4. The van der Waals surface area contributed by atoms with Gasteiger partial charge in [-0.1, -0.05) is 23.8 Å². The highest BCUT2D eigenvalue weighted by Crippen LogP contribution is 2.30. The Morgan fingerprint density at radius 2 is 2.15 bits per heavy atom. The third-order valence-corrected chi connectivity index (χ3v) is 5.05. The van der Waals surface area contributed by atoms with Gasteiger partial charge in [0.25, 0.3) is 0 Å². The number of aromatic nitrogens is 3. The van der Waals surface area contributed by atoms with Crippen molar-refractivity contribution in [2.75, 3.05) is 41.8 Å². The maximum atomic E-state index is 13.2.